The summed E-state index contributed by atoms with van der Waals surface area (Å²) in [4.78, 5) is 4.77. The minimum absolute atomic E-state index is 0.405. The second kappa shape index (κ2) is 8.99. The van der Waals surface area contributed by atoms with Crippen molar-refractivity contribution >= 4 is 0 Å². The predicted octanol–water partition coefficient (Wildman–Crippen LogP) is 2.73. The summed E-state index contributed by atoms with van der Waals surface area (Å²) in [6, 6.07) is 18.1. The van der Waals surface area contributed by atoms with Crippen LogP contribution < -0.4 is 4.74 Å². The van der Waals surface area contributed by atoms with Crippen LogP contribution in [-0.4, -0.2) is 60.8 Å². The van der Waals surface area contributed by atoms with Crippen LogP contribution in [0.4, 0.5) is 0 Å². The number of piperazine rings is 1. The van der Waals surface area contributed by atoms with Gasteiger partial charge in [-0.1, -0.05) is 48.0 Å². The first-order valence-corrected chi connectivity index (χ1v) is 9.08. The van der Waals surface area contributed by atoms with Gasteiger partial charge in [0, 0.05) is 39.3 Å². The molecule has 1 atom stereocenters. The van der Waals surface area contributed by atoms with Gasteiger partial charge < -0.3 is 9.84 Å². The summed E-state index contributed by atoms with van der Waals surface area (Å²) in [6.07, 6.45) is -0.405. The lowest BCUT2D eigenvalue weighted by molar-refractivity contribution is 0.0676. The number of aryl methyl sites for hydroxylation is 1. The molecule has 134 valence electrons. The van der Waals surface area contributed by atoms with E-state index in [1.807, 2.05) is 42.5 Å². The van der Waals surface area contributed by atoms with E-state index in [2.05, 4.69) is 28.9 Å². The van der Waals surface area contributed by atoms with Crippen molar-refractivity contribution < 1.29 is 9.84 Å². The molecule has 0 saturated carbocycles. The maximum absolute atomic E-state index is 10.4. The summed E-state index contributed by atoms with van der Waals surface area (Å²) in [7, 11) is 0. The fourth-order valence-corrected chi connectivity index (χ4v) is 3.15. The molecule has 2 aromatic carbocycles. The normalized spacial score (nSPS) is 17.4. The number of hydrogen-bond acceptors (Lipinski definition) is 4. The number of hydrogen-bond donors (Lipinski definition) is 1. The molecule has 0 amide bonds. The average molecular weight is 340 g/mol. The van der Waals surface area contributed by atoms with Crippen LogP contribution in [0.15, 0.2) is 54.6 Å². The molecule has 2 aromatic rings. The first kappa shape index (κ1) is 17.9. The smallest absolute Gasteiger partial charge is 0.119 e. The first-order chi connectivity index (χ1) is 12.2. The zero-order valence-electron chi connectivity index (χ0n) is 15.0. The van der Waals surface area contributed by atoms with Gasteiger partial charge in [-0.15, -0.1) is 0 Å². The predicted molar refractivity (Wildman–Crippen MR) is 101 cm³/mol. The average Bonchev–Trinajstić information content (AvgIpc) is 2.65. The molecule has 0 unspecified atom stereocenters. The Bertz CT molecular complexity index is 622. The molecule has 1 heterocycles. The number of rotatable bonds is 7. The molecule has 1 fully saturated rings. The standard InChI is InChI=1S/C21H28N2O2/c1-18-7-9-20(10-8-18)25-16-15-22-11-13-23(14-12-22)17-21(24)19-5-3-2-4-6-19/h2-10,21,24H,11-17H2,1H3/t21-/m1/s1. The first-order valence-electron chi connectivity index (χ1n) is 9.08. The number of aliphatic hydroxyl groups is 1. The maximum atomic E-state index is 10.4. The molecule has 4 nitrogen and oxygen atoms in total. The third kappa shape index (κ3) is 5.56. The van der Waals surface area contributed by atoms with E-state index in [1.54, 1.807) is 0 Å². The third-order valence-electron chi connectivity index (χ3n) is 4.78. The van der Waals surface area contributed by atoms with Gasteiger partial charge in [0.1, 0.15) is 12.4 Å². The quantitative estimate of drug-likeness (QED) is 0.841. The van der Waals surface area contributed by atoms with Crippen LogP contribution in [0, 0.1) is 6.92 Å². The van der Waals surface area contributed by atoms with Crippen LogP contribution >= 0.6 is 0 Å². The van der Waals surface area contributed by atoms with E-state index in [1.165, 1.54) is 5.56 Å². The molecule has 25 heavy (non-hydrogen) atoms. The summed E-state index contributed by atoms with van der Waals surface area (Å²) in [6.45, 7) is 8.49. The lowest BCUT2D eigenvalue weighted by Gasteiger charge is -2.35. The Kier molecular flexibility index (Phi) is 6.45. The summed E-state index contributed by atoms with van der Waals surface area (Å²) >= 11 is 0. The zero-order valence-corrected chi connectivity index (χ0v) is 15.0. The molecule has 0 bridgehead atoms. The minimum Gasteiger partial charge on any atom is -0.492 e. The Labute approximate surface area is 150 Å². The van der Waals surface area contributed by atoms with E-state index in [4.69, 9.17) is 4.74 Å². The second-order valence-electron chi connectivity index (χ2n) is 6.73. The highest BCUT2D eigenvalue weighted by molar-refractivity contribution is 5.26. The van der Waals surface area contributed by atoms with E-state index in [0.717, 1.165) is 50.6 Å². The summed E-state index contributed by atoms with van der Waals surface area (Å²) in [5.41, 5.74) is 2.25. The third-order valence-corrected chi connectivity index (χ3v) is 4.78. The van der Waals surface area contributed by atoms with Crippen molar-refractivity contribution in [1.82, 2.24) is 9.80 Å². The van der Waals surface area contributed by atoms with Crippen molar-refractivity contribution in [2.75, 3.05) is 45.9 Å². The zero-order chi connectivity index (χ0) is 17.5. The van der Waals surface area contributed by atoms with Gasteiger partial charge in [0.2, 0.25) is 0 Å². The highest BCUT2D eigenvalue weighted by Gasteiger charge is 2.19. The Morgan fingerprint density at radius 3 is 2.24 bits per heavy atom. The molecular formula is C21H28N2O2. The van der Waals surface area contributed by atoms with Crippen LogP contribution in [-0.2, 0) is 0 Å². The SMILES string of the molecule is Cc1ccc(OCCN2CCN(C[C@@H](O)c3ccccc3)CC2)cc1. The van der Waals surface area contributed by atoms with Gasteiger partial charge in [-0.2, -0.15) is 0 Å². The number of nitrogens with zero attached hydrogens (tertiary/aromatic N) is 2. The second-order valence-corrected chi connectivity index (χ2v) is 6.73. The molecule has 0 aliphatic carbocycles. The van der Waals surface area contributed by atoms with Crippen LogP contribution in [0.25, 0.3) is 0 Å². The van der Waals surface area contributed by atoms with Gasteiger partial charge in [0.25, 0.3) is 0 Å². The highest BCUT2D eigenvalue weighted by Crippen LogP contribution is 2.15. The molecule has 1 aliphatic rings. The molecule has 0 radical (unpaired) electrons. The maximum Gasteiger partial charge on any atom is 0.119 e. The minimum atomic E-state index is -0.405. The summed E-state index contributed by atoms with van der Waals surface area (Å²) in [5.74, 6) is 0.940. The molecule has 1 saturated heterocycles. The Hall–Kier alpha value is -1.88. The Morgan fingerprint density at radius 1 is 0.920 bits per heavy atom. The van der Waals surface area contributed by atoms with E-state index < -0.39 is 6.10 Å². The fourth-order valence-electron chi connectivity index (χ4n) is 3.15. The molecule has 3 rings (SSSR count). The molecule has 4 heteroatoms. The Balaban J connectivity index is 1.35. The molecule has 0 spiro atoms. The van der Waals surface area contributed by atoms with Gasteiger partial charge >= 0.3 is 0 Å². The highest BCUT2D eigenvalue weighted by atomic mass is 16.5. The van der Waals surface area contributed by atoms with Crippen molar-refractivity contribution in [3.05, 3.63) is 65.7 Å². The van der Waals surface area contributed by atoms with Crippen LogP contribution in [0.1, 0.15) is 17.2 Å². The topological polar surface area (TPSA) is 35.9 Å². The monoisotopic (exact) mass is 340 g/mol. The van der Waals surface area contributed by atoms with Crippen LogP contribution in [0.3, 0.4) is 0 Å². The molecular weight excluding hydrogens is 312 g/mol. The summed E-state index contributed by atoms with van der Waals surface area (Å²) < 4.78 is 5.82. The number of aliphatic hydroxyl groups excluding tert-OH is 1. The van der Waals surface area contributed by atoms with Gasteiger partial charge in [0.05, 0.1) is 6.10 Å². The van der Waals surface area contributed by atoms with Crippen molar-refractivity contribution in [1.29, 1.82) is 0 Å². The Morgan fingerprint density at radius 2 is 1.56 bits per heavy atom. The molecule has 0 aromatic heterocycles. The van der Waals surface area contributed by atoms with E-state index in [-0.39, 0.29) is 0 Å². The van der Waals surface area contributed by atoms with E-state index >= 15 is 0 Å². The van der Waals surface area contributed by atoms with Gasteiger partial charge in [-0.05, 0) is 24.6 Å². The van der Waals surface area contributed by atoms with Crippen molar-refractivity contribution in [3.8, 4) is 5.75 Å². The molecule has 1 N–H and O–H groups in total. The van der Waals surface area contributed by atoms with Crippen molar-refractivity contribution in [3.63, 3.8) is 0 Å². The number of β-amino-alcohol motifs (C(OH)–C–C–N with tert-alkyl or cyclic N) is 1. The lowest BCUT2D eigenvalue weighted by atomic mass is 10.1. The number of benzene rings is 2. The molecule has 1 aliphatic heterocycles. The van der Waals surface area contributed by atoms with E-state index in [9.17, 15) is 5.11 Å². The van der Waals surface area contributed by atoms with Gasteiger partial charge in [-0.25, -0.2) is 0 Å². The van der Waals surface area contributed by atoms with Gasteiger partial charge in [-0.3, -0.25) is 9.80 Å². The van der Waals surface area contributed by atoms with Crippen LogP contribution in [0.2, 0.25) is 0 Å². The van der Waals surface area contributed by atoms with Gasteiger partial charge in [0.15, 0.2) is 0 Å². The number of ether oxygens (including phenoxy) is 1. The van der Waals surface area contributed by atoms with Crippen molar-refractivity contribution in [2.24, 2.45) is 0 Å². The van der Waals surface area contributed by atoms with Crippen molar-refractivity contribution in [2.45, 2.75) is 13.0 Å². The van der Waals surface area contributed by atoms with E-state index in [0.29, 0.717) is 6.54 Å². The fraction of sp³-hybridized carbons (Fsp3) is 0.429. The van der Waals surface area contributed by atoms with Crippen LogP contribution in [0.5, 0.6) is 5.75 Å². The largest absolute Gasteiger partial charge is 0.492 e. The summed E-state index contributed by atoms with van der Waals surface area (Å²) in [5, 5.41) is 10.4. The lowest BCUT2D eigenvalue weighted by Crippen LogP contribution is -2.48.